The summed E-state index contributed by atoms with van der Waals surface area (Å²) in [5.74, 6) is 1.36. The molecule has 0 saturated carbocycles. The fraction of sp³-hybridized carbons (Fsp3) is 0.562. The lowest BCUT2D eigenvalue weighted by atomic mass is 9.89. The smallest absolute Gasteiger partial charge is 0.221 e. The van der Waals surface area contributed by atoms with E-state index >= 15 is 0 Å². The Balaban J connectivity index is 1.75. The van der Waals surface area contributed by atoms with E-state index in [1.807, 2.05) is 6.92 Å². The average Bonchev–Trinajstić information content (AvgIpc) is 3.00. The van der Waals surface area contributed by atoms with Crippen LogP contribution in [0.5, 0.6) is 0 Å². The molecule has 2 aromatic rings. The first-order chi connectivity index (χ1) is 10.7. The minimum absolute atomic E-state index is 0.214. The molecule has 0 aromatic carbocycles. The van der Waals surface area contributed by atoms with E-state index in [1.54, 1.807) is 12.3 Å². The minimum Gasteiger partial charge on any atom is -0.425 e. The highest BCUT2D eigenvalue weighted by Crippen LogP contribution is 2.32. The summed E-state index contributed by atoms with van der Waals surface area (Å²) in [6.07, 6.45) is 5.73. The van der Waals surface area contributed by atoms with Gasteiger partial charge >= 0.3 is 0 Å². The number of piperidine rings is 1. The molecule has 2 atom stereocenters. The monoisotopic (exact) mass is 304 g/mol. The molecule has 0 bridgehead atoms. The predicted molar refractivity (Wildman–Crippen MR) is 79.7 cm³/mol. The number of likely N-dealkylation sites (tertiary alicyclic amines) is 1. The zero-order valence-electron chi connectivity index (χ0n) is 13.0. The van der Waals surface area contributed by atoms with Gasteiger partial charge in [-0.2, -0.15) is 0 Å². The highest BCUT2D eigenvalue weighted by molar-refractivity contribution is 5.13. The van der Waals surface area contributed by atoms with Crippen LogP contribution in [0, 0.1) is 5.82 Å². The van der Waals surface area contributed by atoms with E-state index in [9.17, 15) is 4.39 Å². The number of aryl methyl sites for hydroxylation is 1. The topological polar surface area (TPSA) is 55.1 Å². The SMILES string of the molecule is CCc1nnc([C@H]2CCCN(Cc3ccncc3F)[C@H]2C)o1. The molecule has 1 saturated heterocycles. The lowest BCUT2D eigenvalue weighted by Crippen LogP contribution is -2.42. The molecule has 0 amide bonds. The van der Waals surface area contributed by atoms with E-state index in [4.69, 9.17) is 4.42 Å². The second-order valence-electron chi connectivity index (χ2n) is 5.81. The van der Waals surface area contributed by atoms with Gasteiger partial charge in [-0.25, -0.2) is 4.39 Å². The molecular formula is C16H21FN4O. The van der Waals surface area contributed by atoms with E-state index in [-0.39, 0.29) is 17.8 Å². The summed E-state index contributed by atoms with van der Waals surface area (Å²) in [6, 6.07) is 1.99. The molecule has 0 N–H and O–H groups in total. The Hall–Kier alpha value is -1.82. The highest BCUT2D eigenvalue weighted by atomic mass is 19.1. The van der Waals surface area contributed by atoms with Crippen LogP contribution in [-0.2, 0) is 13.0 Å². The van der Waals surface area contributed by atoms with Crippen LogP contribution in [0.2, 0.25) is 0 Å². The molecular weight excluding hydrogens is 283 g/mol. The summed E-state index contributed by atoms with van der Waals surface area (Å²) in [5, 5.41) is 8.26. The van der Waals surface area contributed by atoms with E-state index in [2.05, 4.69) is 27.0 Å². The lowest BCUT2D eigenvalue weighted by Gasteiger charge is -2.37. The van der Waals surface area contributed by atoms with Crippen molar-refractivity contribution in [2.75, 3.05) is 6.54 Å². The van der Waals surface area contributed by atoms with Crippen molar-refractivity contribution in [3.05, 3.63) is 41.6 Å². The van der Waals surface area contributed by atoms with Gasteiger partial charge in [0.25, 0.3) is 0 Å². The Morgan fingerprint density at radius 1 is 1.41 bits per heavy atom. The Labute approximate surface area is 129 Å². The minimum atomic E-state index is -0.247. The Morgan fingerprint density at radius 2 is 2.27 bits per heavy atom. The molecule has 1 fully saturated rings. The number of nitrogens with zero attached hydrogens (tertiary/aromatic N) is 4. The molecule has 118 valence electrons. The third kappa shape index (κ3) is 3.02. The van der Waals surface area contributed by atoms with Crippen molar-refractivity contribution >= 4 is 0 Å². The summed E-state index contributed by atoms with van der Waals surface area (Å²) in [6.45, 7) is 5.69. The van der Waals surface area contributed by atoms with Gasteiger partial charge in [0.1, 0.15) is 5.82 Å². The number of hydrogen-bond acceptors (Lipinski definition) is 5. The summed E-state index contributed by atoms with van der Waals surface area (Å²) >= 11 is 0. The number of pyridine rings is 1. The van der Waals surface area contributed by atoms with Crippen LogP contribution in [0.4, 0.5) is 4.39 Å². The summed E-state index contributed by atoms with van der Waals surface area (Å²) in [4.78, 5) is 6.09. The van der Waals surface area contributed by atoms with Gasteiger partial charge in [0, 0.05) is 30.8 Å². The van der Waals surface area contributed by atoms with E-state index < -0.39 is 0 Å². The summed E-state index contributed by atoms with van der Waals surface area (Å²) in [7, 11) is 0. The fourth-order valence-electron chi connectivity index (χ4n) is 3.08. The Bertz CT molecular complexity index is 630. The predicted octanol–water partition coefficient (Wildman–Crippen LogP) is 2.93. The van der Waals surface area contributed by atoms with Crippen molar-refractivity contribution in [3.8, 4) is 0 Å². The number of rotatable bonds is 4. The second-order valence-corrected chi connectivity index (χ2v) is 5.81. The largest absolute Gasteiger partial charge is 0.425 e. The lowest BCUT2D eigenvalue weighted by molar-refractivity contribution is 0.117. The molecule has 3 rings (SSSR count). The maximum Gasteiger partial charge on any atom is 0.221 e. The molecule has 1 aliphatic rings. The summed E-state index contributed by atoms with van der Waals surface area (Å²) in [5.41, 5.74) is 0.683. The van der Waals surface area contributed by atoms with Crippen LogP contribution in [0.1, 0.15) is 50.0 Å². The Morgan fingerprint density at radius 3 is 3.00 bits per heavy atom. The maximum absolute atomic E-state index is 13.8. The quantitative estimate of drug-likeness (QED) is 0.869. The van der Waals surface area contributed by atoms with E-state index in [1.165, 1.54) is 6.20 Å². The van der Waals surface area contributed by atoms with E-state index in [0.717, 1.165) is 25.8 Å². The third-order valence-electron chi connectivity index (χ3n) is 4.45. The number of hydrogen-bond donors (Lipinski definition) is 0. The van der Waals surface area contributed by atoms with Gasteiger partial charge in [0.15, 0.2) is 0 Å². The first-order valence-electron chi connectivity index (χ1n) is 7.83. The molecule has 22 heavy (non-hydrogen) atoms. The van der Waals surface area contributed by atoms with Gasteiger partial charge in [0.2, 0.25) is 11.8 Å². The van der Waals surface area contributed by atoms with Crippen molar-refractivity contribution in [2.45, 2.75) is 51.6 Å². The molecule has 0 unspecified atom stereocenters. The van der Waals surface area contributed by atoms with Gasteiger partial charge in [-0.15, -0.1) is 10.2 Å². The van der Waals surface area contributed by atoms with Crippen molar-refractivity contribution in [1.29, 1.82) is 0 Å². The number of aromatic nitrogens is 3. The molecule has 1 aliphatic heterocycles. The molecule has 0 radical (unpaired) electrons. The van der Waals surface area contributed by atoms with Gasteiger partial charge < -0.3 is 4.42 Å². The average molecular weight is 304 g/mol. The van der Waals surface area contributed by atoms with Crippen LogP contribution < -0.4 is 0 Å². The van der Waals surface area contributed by atoms with Gasteiger partial charge in [-0.3, -0.25) is 9.88 Å². The summed E-state index contributed by atoms with van der Waals surface area (Å²) < 4.78 is 19.5. The van der Waals surface area contributed by atoms with Crippen LogP contribution >= 0.6 is 0 Å². The van der Waals surface area contributed by atoms with E-state index in [0.29, 0.717) is 23.9 Å². The third-order valence-corrected chi connectivity index (χ3v) is 4.45. The zero-order chi connectivity index (χ0) is 15.5. The molecule has 5 nitrogen and oxygen atoms in total. The zero-order valence-corrected chi connectivity index (χ0v) is 13.0. The van der Waals surface area contributed by atoms with Crippen molar-refractivity contribution in [1.82, 2.24) is 20.1 Å². The highest BCUT2D eigenvalue weighted by Gasteiger charge is 2.32. The van der Waals surface area contributed by atoms with Crippen molar-refractivity contribution < 1.29 is 8.81 Å². The van der Waals surface area contributed by atoms with Gasteiger partial charge in [0.05, 0.1) is 12.1 Å². The van der Waals surface area contributed by atoms with Gasteiger partial charge in [-0.1, -0.05) is 6.92 Å². The molecule has 0 aliphatic carbocycles. The number of halogens is 1. The standard InChI is InChI=1S/C16H21FN4O/c1-3-15-19-20-16(22-15)13-5-4-8-21(11(13)2)10-12-6-7-18-9-14(12)17/h6-7,9,11,13H,3-5,8,10H2,1-2H3/t11-,13-/m0/s1. The fourth-order valence-corrected chi connectivity index (χ4v) is 3.08. The van der Waals surface area contributed by atoms with Crippen LogP contribution in [0.25, 0.3) is 0 Å². The normalized spacial score (nSPS) is 22.9. The van der Waals surface area contributed by atoms with Crippen LogP contribution in [-0.4, -0.2) is 32.7 Å². The first kappa shape index (κ1) is 15.1. The maximum atomic E-state index is 13.8. The van der Waals surface area contributed by atoms with Crippen molar-refractivity contribution in [3.63, 3.8) is 0 Å². The molecule has 0 spiro atoms. The van der Waals surface area contributed by atoms with Gasteiger partial charge in [-0.05, 0) is 32.4 Å². The molecule has 6 heteroatoms. The van der Waals surface area contributed by atoms with Crippen LogP contribution in [0.15, 0.2) is 22.9 Å². The second kappa shape index (κ2) is 6.52. The Kier molecular flexibility index (Phi) is 4.47. The van der Waals surface area contributed by atoms with Crippen LogP contribution in [0.3, 0.4) is 0 Å². The first-order valence-corrected chi connectivity index (χ1v) is 7.83. The molecule has 3 heterocycles. The molecule has 2 aromatic heterocycles. The van der Waals surface area contributed by atoms with Crippen molar-refractivity contribution in [2.24, 2.45) is 0 Å².